The molecule has 0 radical (unpaired) electrons. The second-order valence-corrected chi connectivity index (χ2v) is 4.29. The van der Waals surface area contributed by atoms with Crippen LogP contribution < -0.4 is 4.74 Å². The molecular formula is C15H13N3O2. The number of aryl methyl sites for hydroxylation is 1. The molecule has 0 N–H and O–H groups in total. The van der Waals surface area contributed by atoms with Crippen LogP contribution in [0, 0.1) is 6.92 Å². The van der Waals surface area contributed by atoms with Gasteiger partial charge >= 0.3 is 0 Å². The zero-order valence-electron chi connectivity index (χ0n) is 11.2. The molecule has 100 valence electrons. The van der Waals surface area contributed by atoms with Gasteiger partial charge in [0, 0.05) is 11.8 Å². The van der Waals surface area contributed by atoms with Crippen LogP contribution in [-0.2, 0) is 0 Å². The Bertz CT molecular complexity index is 737. The summed E-state index contributed by atoms with van der Waals surface area (Å²) in [7, 11) is 1.56. The maximum absolute atomic E-state index is 5.74. The Labute approximate surface area is 116 Å². The number of nitrogens with zero attached hydrogens (tertiary/aromatic N) is 3. The SMILES string of the molecule is COc1ncccc1-c1nnc(-c2ccccc2C)o1. The maximum atomic E-state index is 5.74. The summed E-state index contributed by atoms with van der Waals surface area (Å²) in [4.78, 5) is 4.12. The summed E-state index contributed by atoms with van der Waals surface area (Å²) in [5.74, 6) is 1.35. The topological polar surface area (TPSA) is 61.0 Å². The van der Waals surface area contributed by atoms with Crippen LogP contribution in [0.5, 0.6) is 5.88 Å². The summed E-state index contributed by atoms with van der Waals surface area (Å²) < 4.78 is 10.9. The lowest BCUT2D eigenvalue weighted by Gasteiger charge is -2.02. The van der Waals surface area contributed by atoms with E-state index < -0.39 is 0 Å². The van der Waals surface area contributed by atoms with E-state index in [4.69, 9.17) is 9.15 Å². The fourth-order valence-electron chi connectivity index (χ4n) is 1.97. The predicted octanol–water partition coefficient (Wildman–Crippen LogP) is 3.12. The molecule has 1 aromatic carbocycles. The molecular weight excluding hydrogens is 254 g/mol. The molecule has 2 heterocycles. The lowest BCUT2D eigenvalue weighted by atomic mass is 10.1. The molecule has 2 aromatic heterocycles. The van der Waals surface area contributed by atoms with E-state index in [1.54, 1.807) is 19.4 Å². The summed E-state index contributed by atoms with van der Waals surface area (Å²) in [5.41, 5.74) is 2.69. The minimum Gasteiger partial charge on any atom is -0.480 e. The van der Waals surface area contributed by atoms with Crippen molar-refractivity contribution in [1.82, 2.24) is 15.2 Å². The highest BCUT2D eigenvalue weighted by atomic mass is 16.5. The van der Waals surface area contributed by atoms with Crippen LogP contribution in [0.4, 0.5) is 0 Å². The van der Waals surface area contributed by atoms with Crippen molar-refractivity contribution in [3.05, 3.63) is 48.2 Å². The van der Waals surface area contributed by atoms with E-state index in [1.165, 1.54) is 0 Å². The molecule has 0 aliphatic heterocycles. The van der Waals surface area contributed by atoms with Crippen LogP contribution in [0.1, 0.15) is 5.56 Å². The quantitative estimate of drug-likeness (QED) is 0.729. The fraction of sp³-hybridized carbons (Fsp3) is 0.133. The third-order valence-electron chi connectivity index (χ3n) is 3.00. The second-order valence-electron chi connectivity index (χ2n) is 4.29. The highest BCUT2D eigenvalue weighted by Gasteiger charge is 2.15. The molecule has 0 unspecified atom stereocenters. The second kappa shape index (κ2) is 5.13. The summed E-state index contributed by atoms with van der Waals surface area (Å²) in [6.45, 7) is 2.00. The normalized spacial score (nSPS) is 10.5. The van der Waals surface area contributed by atoms with E-state index in [9.17, 15) is 0 Å². The molecule has 3 aromatic rings. The van der Waals surface area contributed by atoms with Gasteiger partial charge in [-0.05, 0) is 30.7 Å². The predicted molar refractivity (Wildman–Crippen MR) is 74.3 cm³/mol. The van der Waals surface area contributed by atoms with Gasteiger partial charge in [0.05, 0.1) is 7.11 Å². The number of rotatable bonds is 3. The first-order valence-corrected chi connectivity index (χ1v) is 6.18. The number of hydrogen-bond acceptors (Lipinski definition) is 5. The number of methoxy groups -OCH3 is 1. The minimum atomic E-state index is 0.396. The van der Waals surface area contributed by atoms with E-state index in [0.29, 0.717) is 23.2 Å². The average molecular weight is 267 g/mol. The van der Waals surface area contributed by atoms with Gasteiger partial charge < -0.3 is 9.15 Å². The number of benzene rings is 1. The van der Waals surface area contributed by atoms with Crippen molar-refractivity contribution in [1.29, 1.82) is 0 Å². The first-order valence-electron chi connectivity index (χ1n) is 6.18. The van der Waals surface area contributed by atoms with E-state index in [-0.39, 0.29) is 0 Å². The van der Waals surface area contributed by atoms with Crippen molar-refractivity contribution < 1.29 is 9.15 Å². The fourth-order valence-corrected chi connectivity index (χ4v) is 1.97. The molecule has 0 fully saturated rings. The zero-order chi connectivity index (χ0) is 13.9. The van der Waals surface area contributed by atoms with Crippen LogP contribution in [0.2, 0.25) is 0 Å². The summed E-state index contributed by atoms with van der Waals surface area (Å²) >= 11 is 0. The Morgan fingerprint density at radius 1 is 0.950 bits per heavy atom. The third kappa shape index (κ3) is 2.14. The van der Waals surface area contributed by atoms with E-state index >= 15 is 0 Å². The van der Waals surface area contributed by atoms with Gasteiger partial charge in [0.2, 0.25) is 11.8 Å². The Hall–Kier alpha value is -2.69. The van der Waals surface area contributed by atoms with Gasteiger partial charge in [0.15, 0.2) is 0 Å². The highest BCUT2D eigenvalue weighted by molar-refractivity contribution is 5.63. The van der Waals surface area contributed by atoms with Gasteiger partial charge in [-0.15, -0.1) is 10.2 Å². The molecule has 5 heteroatoms. The van der Waals surface area contributed by atoms with Gasteiger partial charge in [0.1, 0.15) is 5.56 Å². The van der Waals surface area contributed by atoms with Gasteiger partial charge in [0.25, 0.3) is 5.89 Å². The number of aromatic nitrogens is 3. The summed E-state index contributed by atoms with van der Waals surface area (Å²) in [6.07, 6.45) is 1.65. The first-order chi connectivity index (χ1) is 9.79. The molecule has 0 saturated heterocycles. The maximum Gasteiger partial charge on any atom is 0.253 e. The average Bonchev–Trinajstić information content (AvgIpc) is 2.97. The first kappa shape index (κ1) is 12.3. The molecule has 0 atom stereocenters. The minimum absolute atomic E-state index is 0.396. The molecule has 0 spiro atoms. The molecule has 3 rings (SSSR count). The molecule has 0 saturated carbocycles. The molecule has 0 bridgehead atoms. The Morgan fingerprint density at radius 2 is 1.65 bits per heavy atom. The van der Waals surface area contributed by atoms with Crippen molar-refractivity contribution >= 4 is 0 Å². The summed E-state index contributed by atoms with van der Waals surface area (Å²) in [5, 5.41) is 8.17. The number of hydrogen-bond donors (Lipinski definition) is 0. The van der Waals surface area contributed by atoms with Crippen molar-refractivity contribution in [3.63, 3.8) is 0 Å². The largest absolute Gasteiger partial charge is 0.480 e. The lowest BCUT2D eigenvalue weighted by Crippen LogP contribution is -1.90. The van der Waals surface area contributed by atoms with Crippen molar-refractivity contribution in [3.8, 4) is 28.8 Å². The lowest BCUT2D eigenvalue weighted by molar-refractivity contribution is 0.397. The van der Waals surface area contributed by atoms with Crippen LogP contribution in [-0.4, -0.2) is 22.3 Å². The molecule has 20 heavy (non-hydrogen) atoms. The molecule has 0 aliphatic rings. The molecule has 5 nitrogen and oxygen atoms in total. The number of ether oxygens (including phenoxy) is 1. The third-order valence-corrected chi connectivity index (χ3v) is 3.00. The van der Waals surface area contributed by atoms with Crippen LogP contribution in [0.3, 0.4) is 0 Å². The Kier molecular flexibility index (Phi) is 3.16. The standard InChI is InChI=1S/C15H13N3O2/c1-10-6-3-4-7-11(10)14-17-18-15(20-14)12-8-5-9-16-13(12)19-2/h3-9H,1-2H3. The van der Waals surface area contributed by atoms with Crippen molar-refractivity contribution in [2.45, 2.75) is 6.92 Å². The van der Waals surface area contributed by atoms with Gasteiger partial charge in [-0.2, -0.15) is 0 Å². The van der Waals surface area contributed by atoms with E-state index in [2.05, 4.69) is 15.2 Å². The van der Waals surface area contributed by atoms with Gasteiger partial charge in [-0.3, -0.25) is 0 Å². The molecule has 0 aliphatic carbocycles. The zero-order valence-corrected chi connectivity index (χ0v) is 11.2. The van der Waals surface area contributed by atoms with Crippen LogP contribution in [0.25, 0.3) is 22.9 Å². The smallest absolute Gasteiger partial charge is 0.253 e. The van der Waals surface area contributed by atoms with Crippen LogP contribution in [0.15, 0.2) is 47.0 Å². The van der Waals surface area contributed by atoms with E-state index in [1.807, 2.05) is 37.3 Å². The molecule has 0 amide bonds. The monoisotopic (exact) mass is 267 g/mol. The van der Waals surface area contributed by atoms with Crippen LogP contribution >= 0.6 is 0 Å². The van der Waals surface area contributed by atoms with Crippen molar-refractivity contribution in [2.24, 2.45) is 0 Å². The van der Waals surface area contributed by atoms with Crippen molar-refractivity contribution in [2.75, 3.05) is 7.11 Å². The Morgan fingerprint density at radius 3 is 2.40 bits per heavy atom. The Balaban J connectivity index is 2.05. The van der Waals surface area contributed by atoms with Gasteiger partial charge in [-0.1, -0.05) is 18.2 Å². The summed E-state index contributed by atoms with van der Waals surface area (Å²) in [6, 6.07) is 11.5. The van der Waals surface area contributed by atoms with Gasteiger partial charge in [-0.25, -0.2) is 4.98 Å². The number of pyridine rings is 1. The van der Waals surface area contributed by atoms with E-state index in [0.717, 1.165) is 11.1 Å². The highest BCUT2D eigenvalue weighted by Crippen LogP contribution is 2.29.